The molecule has 1 heterocycles. The summed E-state index contributed by atoms with van der Waals surface area (Å²) in [4.78, 5) is 0. The maximum absolute atomic E-state index is 10.7. The standard InChI is InChI=1S/C20H19O.CHF3O3S/c1-15(2)19-13-18(16-9-5-3-6-10-16)14-20(21-19)17-11-7-4-8-12-17;2-1(3,4)8(5,6)7/h3-15H,1-2H3;(H,5,6,7)/q+1;/p-1. The Bertz CT molecular complexity index is 975. The molecule has 4 nitrogen and oxygen atoms in total. The fraction of sp³-hybridized carbons (Fsp3) is 0.190. The van der Waals surface area contributed by atoms with Crippen LogP contribution in [0.4, 0.5) is 13.2 Å². The zero-order chi connectivity index (χ0) is 21.7. The normalized spacial score (nSPS) is 11.7. The second-order valence-electron chi connectivity index (χ2n) is 6.40. The number of hydrogen-bond donors (Lipinski definition) is 0. The predicted molar refractivity (Wildman–Crippen MR) is 104 cm³/mol. The van der Waals surface area contributed by atoms with E-state index in [1.807, 2.05) is 24.3 Å². The van der Waals surface area contributed by atoms with Crippen LogP contribution in [-0.4, -0.2) is 18.5 Å². The van der Waals surface area contributed by atoms with Crippen molar-refractivity contribution in [3.63, 3.8) is 0 Å². The van der Waals surface area contributed by atoms with E-state index in [0.717, 1.165) is 17.1 Å². The van der Waals surface area contributed by atoms with Crippen molar-refractivity contribution in [2.75, 3.05) is 0 Å². The molecule has 0 atom stereocenters. The molecule has 0 unspecified atom stereocenters. The van der Waals surface area contributed by atoms with Crippen LogP contribution in [0.3, 0.4) is 0 Å². The monoisotopic (exact) mass is 424 g/mol. The molecule has 0 aliphatic carbocycles. The quantitative estimate of drug-likeness (QED) is 0.291. The SMILES string of the molecule is CC(C)c1cc(-c2ccccc2)cc(-c2ccccc2)[o+]1.O=S(=O)([O-])C(F)(F)F. The smallest absolute Gasteiger partial charge is 0.485 e. The molecule has 0 saturated carbocycles. The van der Waals surface area contributed by atoms with Gasteiger partial charge in [0.1, 0.15) is 0 Å². The molecule has 0 aliphatic heterocycles. The van der Waals surface area contributed by atoms with E-state index in [4.69, 9.17) is 17.4 Å². The molecule has 0 N–H and O–H groups in total. The highest BCUT2D eigenvalue weighted by atomic mass is 32.2. The summed E-state index contributed by atoms with van der Waals surface area (Å²) in [6.07, 6.45) is 0. The molecule has 1 aromatic heterocycles. The Hall–Kier alpha value is -2.71. The Morgan fingerprint density at radius 1 is 0.828 bits per heavy atom. The second-order valence-corrected chi connectivity index (χ2v) is 7.77. The summed E-state index contributed by atoms with van der Waals surface area (Å²) in [7, 11) is -6.09. The lowest BCUT2D eigenvalue weighted by Gasteiger charge is -2.08. The summed E-state index contributed by atoms with van der Waals surface area (Å²) < 4.78 is 65.0. The number of rotatable bonds is 3. The van der Waals surface area contributed by atoms with Gasteiger partial charge in [-0.1, -0.05) is 62.4 Å². The van der Waals surface area contributed by atoms with Crippen LogP contribution in [0.15, 0.2) is 77.2 Å². The van der Waals surface area contributed by atoms with Gasteiger partial charge in [-0.05, 0) is 17.7 Å². The van der Waals surface area contributed by atoms with Crippen molar-refractivity contribution >= 4 is 10.1 Å². The van der Waals surface area contributed by atoms with E-state index < -0.39 is 15.6 Å². The van der Waals surface area contributed by atoms with Crippen LogP contribution in [-0.2, 0) is 10.1 Å². The van der Waals surface area contributed by atoms with Gasteiger partial charge in [-0.3, -0.25) is 0 Å². The zero-order valence-corrected chi connectivity index (χ0v) is 16.5. The van der Waals surface area contributed by atoms with Gasteiger partial charge in [0.15, 0.2) is 10.1 Å². The van der Waals surface area contributed by atoms with Crippen molar-refractivity contribution in [2.24, 2.45) is 0 Å². The predicted octanol–water partition coefficient (Wildman–Crippen LogP) is 6.07. The van der Waals surface area contributed by atoms with Crippen LogP contribution < -0.4 is 0 Å². The number of benzene rings is 2. The van der Waals surface area contributed by atoms with Gasteiger partial charge in [0.25, 0.3) is 0 Å². The van der Waals surface area contributed by atoms with E-state index in [0.29, 0.717) is 5.92 Å². The minimum absolute atomic E-state index is 0.358. The van der Waals surface area contributed by atoms with Crippen LogP contribution in [0, 0.1) is 0 Å². The lowest BCUT2D eigenvalue weighted by Crippen LogP contribution is -2.21. The molecular formula is C21H19F3O4S. The topological polar surface area (TPSA) is 68.5 Å². The van der Waals surface area contributed by atoms with E-state index in [9.17, 15) is 13.2 Å². The molecule has 0 amide bonds. The third-order valence-corrected chi connectivity index (χ3v) is 4.40. The van der Waals surface area contributed by atoms with Crippen LogP contribution in [0.25, 0.3) is 22.5 Å². The number of alkyl halides is 3. The van der Waals surface area contributed by atoms with Crippen LogP contribution in [0.5, 0.6) is 0 Å². The number of hydrogen-bond acceptors (Lipinski definition) is 3. The molecule has 3 rings (SSSR count). The van der Waals surface area contributed by atoms with Crippen LogP contribution >= 0.6 is 0 Å². The third-order valence-electron chi connectivity index (χ3n) is 3.83. The van der Waals surface area contributed by atoms with E-state index in [-0.39, 0.29) is 0 Å². The zero-order valence-electron chi connectivity index (χ0n) is 15.7. The van der Waals surface area contributed by atoms with Gasteiger partial charge in [-0.25, -0.2) is 12.8 Å². The van der Waals surface area contributed by atoms with Gasteiger partial charge in [0.05, 0.1) is 17.5 Å². The first-order valence-corrected chi connectivity index (χ1v) is 10.0. The van der Waals surface area contributed by atoms with Crippen molar-refractivity contribution in [1.29, 1.82) is 0 Å². The van der Waals surface area contributed by atoms with E-state index in [1.54, 1.807) is 0 Å². The number of halogens is 3. The van der Waals surface area contributed by atoms with E-state index in [2.05, 4.69) is 62.4 Å². The van der Waals surface area contributed by atoms with Crippen molar-refractivity contribution in [3.8, 4) is 22.5 Å². The maximum Gasteiger partial charge on any atom is 0.485 e. The molecule has 0 bridgehead atoms. The maximum atomic E-state index is 10.7. The molecule has 0 saturated heterocycles. The summed E-state index contributed by atoms with van der Waals surface area (Å²) in [6.45, 7) is 4.31. The Kier molecular flexibility index (Phi) is 7.16. The average Bonchev–Trinajstić information content (AvgIpc) is 2.68. The van der Waals surface area contributed by atoms with Crippen molar-refractivity contribution in [1.82, 2.24) is 0 Å². The van der Waals surface area contributed by atoms with Crippen molar-refractivity contribution < 1.29 is 30.6 Å². The summed E-state index contributed by atoms with van der Waals surface area (Å²) in [5, 5.41) is 0. The minimum Gasteiger partial charge on any atom is -0.741 e. The summed E-state index contributed by atoms with van der Waals surface area (Å²) >= 11 is 0. The van der Waals surface area contributed by atoms with Gasteiger partial charge in [0, 0.05) is 11.6 Å². The van der Waals surface area contributed by atoms with Gasteiger partial charge < -0.3 is 4.55 Å². The lowest BCUT2D eigenvalue weighted by atomic mass is 10.0. The molecule has 2 aromatic carbocycles. The van der Waals surface area contributed by atoms with E-state index >= 15 is 0 Å². The highest BCUT2D eigenvalue weighted by Crippen LogP contribution is 2.30. The van der Waals surface area contributed by atoms with Gasteiger partial charge >= 0.3 is 17.0 Å². The van der Waals surface area contributed by atoms with Gasteiger partial charge in [-0.2, -0.15) is 13.2 Å². The summed E-state index contributed by atoms with van der Waals surface area (Å²) in [6, 6.07) is 25.0. The van der Waals surface area contributed by atoms with Crippen molar-refractivity contribution in [3.05, 3.63) is 78.6 Å². The summed E-state index contributed by atoms with van der Waals surface area (Å²) in [5.41, 5.74) is -2.12. The first-order valence-electron chi connectivity index (χ1n) is 8.60. The van der Waals surface area contributed by atoms with Crippen LogP contribution in [0.2, 0.25) is 0 Å². The molecule has 0 aliphatic rings. The molecular weight excluding hydrogens is 405 g/mol. The largest absolute Gasteiger partial charge is 0.741 e. The highest BCUT2D eigenvalue weighted by Gasteiger charge is 2.36. The second kappa shape index (κ2) is 9.19. The molecule has 0 radical (unpaired) electrons. The Morgan fingerprint density at radius 2 is 1.28 bits per heavy atom. The molecule has 8 heteroatoms. The first kappa shape index (κ1) is 22.6. The summed E-state index contributed by atoms with van der Waals surface area (Å²) in [5.74, 6) is 2.28. The van der Waals surface area contributed by atoms with E-state index in [1.165, 1.54) is 11.1 Å². The van der Waals surface area contributed by atoms with Gasteiger partial charge in [-0.15, -0.1) is 0 Å². The molecule has 0 spiro atoms. The highest BCUT2D eigenvalue weighted by molar-refractivity contribution is 7.86. The van der Waals surface area contributed by atoms with Crippen LogP contribution in [0.1, 0.15) is 25.5 Å². The fourth-order valence-electron chi connectivity index (χ4n) is 2.35. The fourth-order valence-corrected chi connectivity index (χ4v) is 2.35. The van der Waals surface area contributed by atoms with Crippen molar-refractivity contribution in [2.45, 2.75) is 25.3 Å². The Labute approximate surface area is 167 Å². The minimum atomic E-state index is -6.09. The molecule has 0 fully saturated rings. The lowest BCUT2D eigenvalue weighted by molar-refractivity contribution is -0.0517. The average molecular weight is 424 g/mol. The Morgan fingerprint density at radius 3 is 1.69 bits per heavy atom. The first-order chi connectivity index (χ1) is 13.5. The molecule has 29 heavy (non-hydrogen) atoms. The van der Waals surface area contributed by atoms with Gasteiger partial charge in [0.2, 0.25) is 0 Å². The Balaban J connectivity index is 0.000000321. The molecule has 154 valence electrons. The molecule has 3 aromatic rings. The third kappa shape index (κ3) is 6.40.